The molecule has 0 aliphatic carbocycles. The second-order valence-corrected chi connectivity index (χ2v) is 6.08. The van der Waals surface area contributed by atoms with E-state index < -0.39 is 11.8 Å². The summed E-state index contributed by atoms with van der Waals surface area (Å²) in [5.74, 6) is -0.478. The van der Waals surface area contributed by atoms with Crippen molar-refractivity contribution < 1.29 is 14.3 Å². The van der Waals surface area contributed by atoms with Crippen LogP contribution in [0.15, 0.2) is 48.5 Å². The summed E-state index contributed by atoms with van der Waals surface area (Å²) in [7, 11) is 0. The topological polar surface area (TPSA) is 49.9 Å². The Balaban J connectivity index is 1.78. The molecule has 1 aliphatic heterocycles. The van der Waals surface area contributed by atoms with Crippen molar-refractivity contribution in [3.8, 4) is 5.75 Å². The molecule has 2 amide bonds. The van der Waals surface area contributed by atoms with Gasteiger partial charge in [0.05, 0.1) is 12.3 Å². The van der Waals surface area contributed by atoms with Gasteiger partial charge in [-0.05, 0) is 30.7 Å². The largest absolute Gasteiger partial charge is 0.492 e. The summed E-state index contributed by atoms with van der Waals surface area (Å²) in [5, 5.41) is 0.590. The molecule has 1 fully saturated rings. The number of hydrogen-bond donors (Lipinski definition) is 0. The third-order valence-corrected chi connectivity index (χ3v) is 4.45. The Morgan fingerprint density at radius 1 is 1.00 bits per heavy atom. The number of anilines is 1. The van der Waals surface area contributed by atoms with Crippen LogP contribution in [0.3, 0.4) is 0 Å². The van der Waals surface area contributed by atoms with Gasteiger partial charge in [0.1, 0.15) is 5.75 Å². The van der Waals surface area contributed by atoms with Crippen molar-refractivity contribution in [1.29, 1.82) is 0 Å². The fraction of sp³-hybridized carbons (Fsp3) is 0.263. The second kappa shape index (κ2) is 7.57. The first-order valence-electron chi connectivity index (χ1n) is 8.17. The fourth-order valence-corrected chi connectivity index (χ4v) is 3.04. The summed E-state index contributed by atoms with van der Waals surface area (Å²) < 4.78 is 5.58. The molecule has 2 aromatic rings. The Labute approximate surface area is 151 Å². The standard InChI is InChI=1S/C19H19ClN2O3/c1-2-25-17-10-6-5-9-16(17)22-12-11-21(18(23)19(22)24)13-14-7-3-4-8-15(14)20/h3-10H,2,11-13H2,1H3. The number of amides is 2. The van der Waals surface area contributed by atoms with E-state index in [2.05, 4.69) is 0 Å². The lowest BCUT2D eigenvalue weighted by atomic mass is 10.1. The lowest BCUT2D eigenvalue weighted by Crippen LogP contribution is -2.54. The molecule has 0 unspecified atom stereocenters. The third-order valence-electron chi connectivity index (χ3n) is 4.08. The molecule has 0 atom stereocenters. The Bertz CT molecular complexity index is 794. The van der Waals surface area contributed by atoms with Gasteiger partial charge in [-0.2, -0.15) is 0 Å². The summed E-state index contributed by atoms with van der Waals surface area (Å²) in [6.45, 7) is 3.55. The molecule has 1 saturated heterocycles. The van der Waals surface area contributed by atoms with Gasteiger partial charge >= 0.3 is 11.8 Å². The zero-order valence-electron chi connectivity index (χ0n) is 13.9. The Kier molecular flexibility index (Phi) is 5.24. The molecule has 6 heteroatoms. The van der Waals surface area contributed by atoms with Crippen LogP contribution in [0.4, 0.5) is 5.69 Å². The van der Waals surface area contributed by atoms with E-state index in [-0.39, 0.29) is 0 Å². The van der Waals surface area contributed by atoms with Crippen molar-refractivity contribution in [2.75, 3.05) is 24.6 Å². The van der Waals surface area contributed by atoms with Gasteiger partial charge in [0.15, 0.2) is 0 Å². The van der Waals surface area contributed by atoms with E-state index in [1.165, 1.54) is 9.80 Å². The van der Waals surface area contributed by atoms with Gasteiger partial charge in [0.25, 0.3) is 0 Å². The van der Waals surface area contributed by atoms with Gasteiger partial charge in [-0.3, -0.25) is 14.5 Å². The van der Waals surface area contributed by atoms with Crippen LogP contribution in [0.25, 0.3) is 0 Å². The number of rotatable bonds is 5. The first-order valence-corrected chi connectivity index (χ1v) is 8.55. The normalized spacial score (nSPS) is 14.8. The van der Waals surface area contributed by atoms with Crippen molar-refractivity contribution in [1.82, 2.24) is 4.90 Å². The molecular formula is C19H19ClN2O3. The summed E-state index contributed by atoms with van der Waals surface area (Å²) in [6.07, 6.45) is 0. The average molecular weight is 359 g/mol. The van der Waals surface area contributed by atoms with Crippen LogP contribution < -0.4 is 9.64 Å². The number of para-hydroxylation sites is 2. The molecule has 1 heterocycles. The maximum Gasteiger partial charge on any atom is 0.316 e. The van der Waals surface area contributed by atoms with Gasteiger partial charge in [-0.1, -0.05) is 41.9 Å². The maximum atomic E-state index is 12.6. The van der Waals surface area contributed by atoms with Gasteiger partial charge < -0.3 is 9.64 Å². The molecule has 25 heavy (non-hydrogen) atoms. The molecule has 0 radical (unpaired) electrons. The van der Waals surface area contributed by atoms with Crippen LogP contribution in [0.5, 0.6) is 5.75 Å². The summed E-state index contributed by atoms with van der Waals surface area (Å²) in [4.78, 5) is 28.2. The van der Waals surface area contributed by atoms with Crippen molar-refractivity contribution in [2.24, 2.45) is 0 Å². The van der Waals surface area contributed by atoms with E-state index >= 15 is 0 Å². The molecule has 0 aromatic heterocycles. The summed E-state index contributed by atoms with van der Waals surface area (Å²) in [5.41, 5.74) is 1.45. The zero-order chi connectivity index (χ0) is 17.8. The maximum absolute atomic E-state index is 12.6. The number of ether oxygens (including phenoxy) is 1. The molecule has 0 bridgehead atoms. The van der Waals surface area contributed by atoms with E-state index in [4.69, 9.17) is 16.3 Å². The van der Waals surface area contributed by atoms with Crippen LogP contribution >= 0.6 is 11.6 Å². The van der Waals surface area contributed by atoms with E-state index in [9.17, 15) is 9.59 Å². The van der Waals surface area contributed by atoms with Gasteiger partial charge in [0.2, 0.25) is 0 Å². The molecule has 0 saturated carbocycles. The highest BCUT2D eigenvalue weighted by Crippen LogP contribution is 2.30. The van der Waals surface area contributed by atoms with Crippen LogP contribution in [-0.2, 0) is 16.1 Å². The molecule has 3 rings (SSSR count). The summed E-state index contributed by atoms with van der Waals surface area (Å²) >= 11 is 6.16. The van der Waals surface area contributed by atoms with Gasteiger partial charge in [0, 0.05) is 24.7 Å². The average Bonchev–Trinajstić information content (AvgIpc) is 2.62. The first kappa shape index (κ1) is 17.3. The SMILES string of the molecule is CCOc1ccccc1N1CCN(Cc2ccccc2Cl)C(=O)C1=O. The zero-order valence-corrected chi connectivity index (χ0v) is 14.7. The fourth-order valence-electron chi connectivity index (χ4n) is 2.85. The number of benzene rings is 2. The lowest BCUT2D eigenvalue weighted by Gasteiger charge is -2.34. The predicted octanol–water partition coefficient (Wildman–Crippen LogP) is 3.11. The highest BCUT2D eigenvalue weighted by molar-refractivity contribution is 6.41. The number of halogens is 1. The van der Waals surface area contributed by atoms with Crippen LogP contribution in [0.2, 0.25) is 5.02 Å². The smallest absolute Gasteiger partial charge is 0.316 e. The minimum Gasteiger partial charge on any atom is -0.492 e. The highest BCUT2D eigenvalue weighted by atomic mass is 35.5. The van der Waals surface area contributed by atoms with Crippen LogP contribution in [0.1, 0.15) is 12.5 Å². The van der Waals surface area contributed by atoms with Crippen molar-refractivity contribution in [3.05, 3.63) is 59.1 Å². The molecular weight excluding hydrogens is 340 g/mol. The summed E-state index contributed by atoms with van der Waals surface area (Å²) in [6, 6.07) is 14.6. The Morgan fingerprint density at radius 2 is 1.72 bits per heavy atom. The minimum absolute atomic E-state index is 0.325. The van der Waals surface area contributed by atoms with Crippen LogP contribution in [-0.4, -0.2) is 36.4 Å². The van der Waals surface area contributed by atoms with Crippen molar-refractivity contribution in [2.45, 2.75) is 13.5 Å². The van der Waals surface area contributed by atoms with E-state index in [0.29, 0.717) is 42.7 Å². The highest BCUT2D eigenvalue weighted by Gasteiger charge is 2.34. The first-order chi connectivity index (χ1) is 12.1. The quantitative estimate of drug-likeness (QED) is 0.772. The molecule has 130 valence electrons. The number of carbonyl (C=O) groups is 2. The monoisotopic (exact) mass is 358 g/mol. The van der Waals surface area contributed by atoms with E-state index in [0.717, 1.165) is 5.56 Å². The van der Waals surface area contributed by atoms with E-state index in [1.807, 2.05) is 37.3 Å². The molecule has 0 N–H and O–H groups in total. The van der Waals surface area contributed by atoms with Gasteiger partial charge in [-0.25, -0.2) is 0 Å². The number of hydrogen-bond acceptors (Lipinski definition) is 3. The Hall–Kier alpha value is -2.53. The number of nitrogens with zero attached hydrogens (tertiary/aromatic N) is 2. The minimum atomic E-state index is -0.551. The molecule has 2 aromatic carbocycles. The molecule has 1 aliphatic rings. The Morgan fingerprint density at radius 3 is 2.48 bits per heavy atom. The molecule has 0 spiro atoms. The van der Waals surface area contributed by atoms with Crippen molar-refractivity contribution >= 4 is 29.1 Å². The third kappa shape index (κ3) is 3.61. The van der Waals surface area contributed by atoms with E-state index in [1.54, 1.807) is 18.2 Å². The number of carbonyl (C=O) groups excluding carboxylic acids is 2. The van der Waals surface area contributed by atoms with Crippen LogP contribution in [0, 0.1) is 0 Å². The van der Waals surface area contributed by atoms with Gasteiger partial charge in [-0.15, -0.1) is 0 Å². The molecule has 5 nitrogen and oxygen atoms in total. The second-order valence-electron chi connectivity index (χ2n) is 5.68. The predicted molar refractivity (Wildman–Crippen MR) is 96.8 cm³/mol. The number of piperazine rings is 1. The lowest BCUT2D eigenvalue weighted by molar-refractivity contribution is -0.146. The van der Waals surface area contributed by atoms with Crippen molar-refractivity contribution in [3.63, 3.8) is 0 Å².